The van der Waals surface area contributed by atoms with Crippen molar-refractivity contribution in [3.8, 4) is 0 Å². The minimum Gasteiger partial charge on any atom is -0.469 e. The van der Waals surface area contributed by atoms with Gasteiger partial charge in [0.15, 0.2) is 0 Å². The first-order chi connectivity index (χ1) is 6.09. The maximum absolute atomic E-state index is 11.1. The molecule has 2 heteroatoms. The van der Waals surface area contributed by atoms with E-state index in [1.54, 1.807) is 0 Å². The second-order valence-corrected chi connectivity index (χ2v) is 4.21. The summed E-state index contributed by atoms with van der Waals surface area (Å²) in [6.07, 6.45) is 5.90. The van der Waals surface area contributed by atoms with Crippen LogP contribution < -0.4 is 0 Å². The van der Waals surface area contributed by atoms with E-state index < -0.39 is 0 Å². The van der Waals surface area contributed by atoms with Gasteiger partial charge in [0.2, 0.25) is 0 Å². The molecule has 0 N–H and O–H groups in total. The minimum atomic E-state index is -0.108. The van der Waals surface area contributed by atoms with Crippen LogP contribution in [0.5, 0.6) is 0 Å². The highest BCUT2D eigenvalue weighted by Crippen LogP contribution is 2.44. The van der Waals surface area contributed by atoms with Crippen molar-refractivity contribution < 1.29 is 9.53 Å². The number of rotatable bonds is 3. The predicted molar refractivity (Wildman–Crippen MR) is 51.7 cm³/mol. The van der Waals surface area contributed by atoms with Gasteiger partial charge in [0, 0.05) is 0 Å². The number of ether oxygens (including phenoxy) is 1. The van der Waals surface area contributed by atoms with Crippen LogP contribution in [0.3, 0.4) is 0 Å². The molecule has 0 saturated heterocycles. The quantitative estimate of drug-likeness (QED) is 0.626. The molecule has 0 aromatic carbocycles. The number of methoxy groups -OCH3 is 1. The third-order valence-corrected chi connectivity index (χ3v) is 2.88. The fourth-order valence-corrected chi connectivity index (χ4v) is 2.04. The van der Waals surface area contributed by atoms with Gasteiger partial charge in [-0.1, -0.05) is 20.3 Å². The Bertz CT molecular complexity index is 189. The van der Waals surface area contributed by atoms with E-state index >= 15 is 0 Å². The SMILES string of the molecule is [CH2]CC1C[CH]C(C)(CC(=O)OC)C1. The van der Waals surface area contributed by atoms with E-state index in [9.17, 15) is 4.79 Å². The lowest BCUT2D eigenvalue weighted by atomic mass is 9.84. The molecule has 2 nitrogen and oxygen atoms in total. The first-order valence-electron chi connectivity index (χ1n) is 4.80. The van der Waals surface area contributed by atoms with Crippen molar-refractivity contribution >= 4 is 5.97 Å². The second kappa shape index (κ2) is 4.12. The van der Waals surface area contributed by atoms with Gasteiger partial charge in [0.05, 0.1) is 13.5 Å². The number of carbonyl (C=O) groups excluding carboxylic acids is 1. The maximum Gasteiger partial charge on any atom is 0.306 e. The van der Waals surface area contributed by atoms with E-state index in [1.165, 1.54) is 7.11 Å². The van der Waals surface area contributed by atoms with E-state index in [4.69, 9.17) is 0 Å². The summed E-state index contributed by atoms with van der Waals surface area (Å²) in [4.78, 5) is 11.1. The summed E-state index contributed by atoms with van der Waals surface area (Å²) in [7, 11) is 1.44. The van der Waals surface area contributed by atoms with Crippen LogP contribution in [-0.4, -0.2) is 13.1 Å². The predicted octanol–water partition coefficient (Wildman–Crippen LogP) is 2.39. The smallest absolute Gasteiger partial charge is 0.306 e. The van der Waals surface area contributed by atoms with Crippen molar-refractivity contribution in [1.82, 2.24) is 0 Å². The van der Waals surface area contributed by atoms with Crippen LogP contribution >= 0.6 is 0 Å². The van der Waals surface area contributed by atoms with Gasteiger partial charge >= 0.3 is 5.97 Å². The van der Waals surface area contributed by atoms with E-state index in [2.05, 4.69) is 25.0 Å². The van der Waals surface area contributed by atoms with Crippen LogP contribution in [0.15, 0.2) is 0 Å². The van der Waals surface area contributed by atoms with Crippen molar-refractivity contribution in [2.45, 2.75) is 32.6 Å². The molecule has 1 fully saturated rings. The highest BCUT2D eigenvalue weighted by Gasteiger charge is 2.36. The average Bonchev–Trinajstić information content (AvgIpc) is 2.47. The maximum atomic E-state index is 11.1. The Morgan fingerprint density at radius 3 is 2.92 bits per heavy atom. The van der Waals surface area contributed by atoms with E-state index in [-0.39, 0.29) is 11.4 Å². The van der Waals surface area contributed by atoms with Gasteiger partial charge in [0.25, 0.3) is 0 Å². The topological polar surface area (TPSA) is 26.3 Å². The molecular formula is C11H18O2. The van der Waals surface area contributed by atoms with Crippen LogP contribution in [0.4, 0.5) is 0 Å². The Kier molecular flexibility index (Phi) is 3.34. The summed E-state index contributed by atoms with van der Waals surface area (Å²) >= 11 is 0. The molecule has 2 unspecified atom stereocenters. The van der Waals surface area contributed by atoms with Crippen LogP contribution in [0.25, 0.3) is 0 Å². The Morgan fingerprint density at radius 1 is 1.77 bits per heavy atom. The third-order valence-electron chi connectivity index (χ3n) is 2.88. The van der Waals surface area contributed by atoms with Crippen molar-refractivity contribution in [2.24, 2.45) is 11.3 Å². The van der Waals surface area contributed by atoms with Crippen LogP contribution in [0.2, 0.25) is 0 Å². The van der Waals surface area contributed by atoms with Gasteiger partial charge in [-0.25, -0.2) is 0 Å². The van der Waals surface area contributed by atoms with E-state index in [1.807, 2.05) is 0 Å². The minimum absolute atomic E-state index is 0.0510. The zero-order valence-corrected chi connectivity index (χ0v) is 8.51. The number of hydrogen-bond acceptors (Lipinski definition) is 2. The van der Waals surface area contributed by atoms with Gasteiger partial charge in [-0.05, 0) is 30.6 Å². The first kappa shape index (κ1) is 10.6. The summed E-state index contributed by atoms with van der Waals surface area (Å²) in [6.45, 7) is 6.02. The summed E-state index contributed by atoms with van der Waals surface area (Å²) in [6, 6.07) is 0. The van der Waals surface area contributed by atoms with E-state index in [0.29, 0.717) is 12.3 Å². The average molecular weight is 182 g/mol. The molecule has 2 radical (unpaired) electrons. The molecule has 1 saturated carbocycles. The normalized spacial score (nSPS) is 33.3. The lowest BCUT2D eigenvalue weighted by Gasteiger charge is -2.21. The molecule has 2 atom stereocenters. The van der Waals surface area contributed by atoms with Gasteiger partial charge < -0.3 is 4.74 Å². The van der Waals surface area contributed by atoms with Gasteiger partial charge in [-0.2, -0.15) is 0 Å². The lowest BCUT2D eigenvalue weighted by molar-refractivity contribution is -0.142. The number of esters is 1. The fourth-order valence-electron chi connectivity index (χ4n) is 2.04. The molecule has 1 aliphatic carbocycles. The summed E-state index contributed by atoms with van der Waals surface area (Å²) in [5, 5.41) is 0. The molecule has 0 bridgehead atoms. The molecule has 0 aliphatic heterocycles. The molecular weight excluding hydrogens is 164 g/mol. The van der Waals surface area contributed by atoms with Gasteiger partial charge in [-0.15, -0.1) is 0 Å². The van der Waals surface area contributed by atoms with Crippen molar-refractivity contribution in [3.05, 3.63) is 13.3 Å². The molecule has 1 aliphatic rings. The summed E-state index contributed by atoms with van der Waals surface area (Å²) < 4.78 is 4.67. The Morgan fingerprint density at radius 2 is 2.46 bits per heavy atom. The van der Waals surface area contributed by atoms with E-state index in [0.717, 1.165) is 19.3 Å². The zero-order chi connectivity index (χ0) is 9.90. The van der Waals surface area contributed by atoms with Crippen LogP contribution in [0.1, 0.15) is 32.6 Å². The van der Waals surface area contributed by atoms with Crippen LogP contribution in [-0.2, 0) is 9.53 Å². The standard InChI is InChI=1S/C11H18O2/c1-4-9-5-6-11(2,7-9)8-10(12)13-3/h6,9H,1,4-5,7-8H2,2-3H3. The Labute approximate surface area is 80.7 Å². The molecule has 74 valence electrons. The number of hydrogen-bond donors (Lipinski definition) is 0. The molecule has 0 heterocycles. The van der Waals surface area contributed by atoms with Gasteiger partial charge in [0.1, 0.15) is 0 Å². The largest absolute Gasteiger partial charge is 0.469 e. The first-order valence-corrected chi connectivity index (χ1v) is 4.80. The molecule has 0 amide bonds. The second-order valence-electron chi connectivity index (χ2n) is 4.21. The van der Waals surface area contributed by atoms with Crippen LogP contribution in [0, 0.1) is 24.7 Å². The summed E-state index contributed by atoms with van der Waals surface area (Å²) in [5.41, 5.74) is 0.0510. The Hall–Kier alpha value is -0.530. The highest BCUT2D eigenvalue weighted by molar-refractivity contribution is 5.70. The van der Waals surface area contributed by atoms with Crippen molar-refractivity contribution in [1.29, 1.82) is 0 Å². The highest BCUT2D eigenvalue weighted by atomic mass is 16.5. The van der Waals surface area contributed by atoms with Crippen molar-refractivity contribution in [3.63, 3.8) is 0 Å². The van der Waals surface area contributed by atoms with Gasteiger partial charge in [-0.3, -0.25) is 4.79 Å². The summed E-state index contributed by atoms with van der Waals surface area (Å²) in [5.74, 6) is 0.554. The zero-order valence-electron chi connectivity index (χ0n) is 8.51. The molecule has 1 rings (SSSR count). The Balaban J connectivity index is 2.44. The monoisotopic (exact) mass is 182 g/mol. The fraction of sp³-hybridized carbons (Fsp3) is 0.727. The lowest BCUT2D eigenvalue weighted by Crippen LogP contribution is -2.18. The molecule has 0 aromatic heterocycles. The molecule has 0 spiro atoms. The third kappa shape index (κ3) is 2.71. The molecule has 0 aromatic rings. The molecule has 13 heavy (non-hydrogen) atoms. The number of carbonyl (C=O) groups is 1. The van der Waals surface area contributed by atoms with Crippen molar-refractivity contribution in [2.75, 3.05) is 7.11 Å².